The van der Waals surface area contributed by atoms with E-state index in [1.54, 1.807) is 0 Å². The van der Waals surface area contributed by atoms with E-state index in [0.717, 1.165) is 122 Å². The predicted octanol–water partition coefficient (Wildman–Crippen LogP) is 19.9. The molecule has 0 radical (unpaired) electrons. The Morgan fingerprint density at radius 3 is 1.34 bits per heavy atom. The van der Waals surface area contributed by atoms with Crippen molar-refractivity contribution < 1.29 is 37.3 Å². The molecule has 0 saturated heterocycles. The Hall–Kier alpha value is -3.33. The van der Waals surface area contributed by atoms with Crippen molar-refractivity contribution in [3.05, 3.63) is 109 Å². The van der Waals surface area contributed by atoms with Crippen LogP contribution in [0.4, 0.5) is 0 Å². The van der Waals surface area contributed by atoms with Gasteiger partial charge in [0.15, 0.2) is 0 Å². The summed E-state index contributed by atoms with van der Waals surface area (Å²) in [6.07, 6.45) is 80.6. The number of hydrogen-bond donors (Lipinski definition) is 1. The molecule has 0 spiro atoms. The molecule has 0 rings (SSSR count). The van der Waals surface area contributed by atoms with E-state index in [2.05, 4.69) is 123 Å². The minimum atomic E-state index is -4.71. The Morgan fingerprint density at radius 1 is 0.463 bits per heavy atom. The zero-order valence-electron chi connectivity index (χ0n) is 52.5. The summed E-state index contributed by atoms with van der Waals surface area (Å²) in [5.74, 6) is -0.561. The molecule has 0 aliphatic carbocycles. The quantitative estimate of drug-likeness (QED) is 0.0161. The molecular formula is C70H123N2O7P. The Balaban J connectivity index is 5.10. The van der Waals surface area contributed by atoms with Crippen molar-refractivity contribution in [2.75, 3.05) is 40.9 Å². The molecule has 0 aliphatic rings. The van der Waals surface area contributed by atoms with E-state index in [-0.39, 0.29) is 24.9 Å². The van der Waals surface area contributed by atoms with Gasteiger partial charge in [0.05, 0.1) is 33.8 Å². The molecule has 0 saturated carbocycles. The van der Waals surface area contributed by atoms with Gasteiger partial charge in [-0.15, -0.1) is 0 Å². The molecule has 9 nitrogen and oxygen atoms in total. The average molecular weight is 1140 g/mol. The maximum absolute atomic E-state index is 13.5. The number of allylic oxidation sites excluding steroid dienone is 17. The van der Waals surface area contributed by atoms with Crippen LogP contribution in [0.2, 0.25) is 0 Å². The van der Waals surface area contributed by atoms with Crippen LogP contribution < -0.4 is 10.2 Å². The van der Waals surface area contributed by atoms with Crippen LogP contribution in [0.25, 0.3) is 0 Å². The van der Waals surface area contributed by atoms with Crippen molar-refractivity contribution in [3.63, 3.8) is 0 Å². The highest BCUT2D eigenvalue weighted by Gasteiger charge is 2.27. The summed E-state index contributed by atoms with van der Waals surface area (Å²) < 4.78 is 30.3. The fraction of sp³-hybridized carbons (Fsp3) is 0.714. The Bertz CT molecular complexity index is 1740. The van der Waals surface area contributed by atoms with Gasteiger partial charge in [0.25, 0.3) is 7.82 Å². The van der Waals surface area contributed by atoms with Gasteiger partial charge in [-0.25, -0.2) is 0 Å². The molecule has 1 N–H and O–H groups in total. The van der Waals surface area contributed by atoms with E-state index in [4.69, 9.17) is 13.8 Å². The van der Waals surface area contributed by atoms with E-state index in [9.17, 15) is 19.0 Å². The molecule has 3 atom stereocenters. The van der Waals surface area contributed by atoms with E-state index < -0.39 is 26.6 Å². The van der Waals surface area contributed by atoms with Gasteiger partial charge >= 0.3 is 5.97 Å². The third kappa shape index (κ3) is 59.3. The minimum absolute atomic E-state index is 0.0300. The minimum Gasteiger partial charge on any atom is -0.756 e. The number of likely N-dealkylation sites (N-methyl/N-ethyl adjacent to an activating group) is 1. The maximum Gasteiger partial charge on any atom is 0.306 e. The van der Waals surface area contributed by atoms with Crippen molar-refractivity contribution in [1.82, 2.24) is 5.32 Å². The summed E-state index contributed by atoms with van der Waals surface area (Å²) in [7, 11) is 1.16. The SMILES string of the molecule is CC/C=C\C/C=C\C/C=C\C/C=C\C/C=C\CCCCCCCCCCCCCC(=O)OC(/C=C\CCCCCCCCCCCC)C(COP(=O)([O-])OCC[N+](C)(C)C)NC(=O)CCCCCCCCC/C=C/C=C/C=C/CC. The van der Waals surface area contributed by atoms with Crippen LogP contribution in [-0.4, -0.2) is 69.4 Å². The van der Waals surface area contributed by atoms with Gasteiger partial charge in [0.1, 0.15) is 19.3 Å². The van der Waals surface area contributed by atoms with Gasteiger partial charge in [0, 0.05) is 12.8 Å². The molecule has 3 unspecified atom stereocenters. The molecule has 10 heteroatoms. The smallest absolute Gasteiger partial charge is 0.306 e. The fourth-order valence-electron chi connectivity index (χ4n) is 9.02. The molecule has 80 heavy (non-hydrogen) atoms. The first-order valence-corrected chi connectivity index (χ1v) is 34.2. The van der Waals surface area contributed by atoms with Crippen molar-refractivity contribution >= 4 is 19.7 Å². The number of carbonyl (C=O) groups is 2. The summed E-state index contributed by atoms with van der Waals surface area (Å²) >= 11 is 0. The molecule has 0 heterocycles. The normalized spacial score (nSPS) is 14.3. The largest absolute Gasteiger partial charge is 0.756 e. The second-order valence-corrected chi connectivity index (χ2v) is 24.3. The number of carbonyl (C=O) groups excluding carboxylic acids is 2. The number of hydrogen-bond acceptors (Lipinski definition) is 7. The zero-order chi connectivity index (χ0) is 58.6. The lowest BCUT2D eigenvalue weighted by Gasteiger charge is -2.30. The molecule has 0 aromatic carbocycles. The van der Waals surface area contributed by atoms with Gasteiger partial charge < -0.3 is 28.5 Å². The van der Waals surface area contributed by atoms with E-state index in [1.165, 1.54) is 116 Å². The van der Waals surface area contributed by atoms with E-state index in [1.807, 2.05) is 33.3 Å². The lowest BCUT2D eigenvalue weighted by atomic mass is 10.0. The predicted molar refractivity (Wildman–Crippen MR) is 344 cm³/mol. The van der Waals surface area contributed by atoms with Crippen LogP contribution in [0.3, 0.4) is 0 Å². The van der Waals surface area contributed by atoms with Crippen LogP contribution in [-0.2, 0) is 27.9 Å². The zero-order valence-corrected chi connectivity index (χ0v) is 53.4. The molecule has 0 bridgehead atoms. The van der Waals surface area contributed by atoms with Crippen LogP contribution >= 0.6 is 7.82 Å². The van der Waals surface area contributed by atoms with Crippen LogP contribution in [0.1, 0.15) is 271 Å². The highest BCUT2D eigenvalue weighted by Crippen LogP contribution is 2.38. The number of nitrogens with zero attached hydrogens (tertiary/aromatic N) is 1. The number of ether oxygens (including phenoxy) is 1. The molecule has 0 fully saturated rings. The number of nitrogens with one attached hydrogen (secondary N) is 1. The number of phosphoric acid groups is 1. The Labute approximate surface area is 493 Å². The Morgan fingerprint density at radius 2 is 0.863 bits per heavy atom. The molecule has 460 valence electrons. The highest BCUT2D eigenvalue weighted by atomic mass is 31.2. The number of phosphoric ester groups is 1. The molecule has 0 aliphatic heterocycles. The van der Waals surface area contributed by atoms with Crippen molar-refractivity contribution in [1.29, 1.82) is 0 Å². The number of quaternary nitrogens is 1. The van der Waals surface area contributed by atoms with Crippen molar-refractivity contribution in [3.8, 4) is 0 Å². The van der Waals surface area contributed by atoms with E-state index in [0.29, 0.717) is 17.4 Å². The number of amides is 1. The third-order valence-electron chi connectivity index (χ3n) is 14.0. The topological polar surface area (TPSA) is 114 Å². The molecule has 0 aromatic heterocycles. The third-order valence-corrected chi connectivity index (χ3v) is 15.0. The van der Waals surface area contributed by atoms with Gasteiger partial charge in [-0.1, -0.05) is 272 Å². The Kier molecular flexibility index (Phi) is 56.4. The van der Waals surface area contributed by atoms with Gasteiger partial charge in [0.2, 0.25) is 5.91 Å². The molecule has 0 aromatic rings. The van der Waals surface area contributed by atoms with Crippen molar-refractivity contribution in [2.24, 2.45) is 0 Å². The van der Waals surface area contributed by atoms with Gasteiger partial charge in [-0.3, -0.25) is 14.2 Å². The van der Waals surface area contributed by atoms with Crippen LogP contribution in [0, 0.1) is 0 Å². The first-order valence-electron chi connectivity index (χ1n) is 32.7. The summed E-state index contributed by atoms with van der Waals surface area (Å²) in [5, 5.41) is 3.02. The summed E-state index contributed by atoms with van der Waals surface area (Å²) in [5.41, 5.74) is 0. The maximum atomic E-state index is 13.5. The number of esters is 1. The van der Waals surface area contributed by atoms with Crippen LogP contribution in [0.15, 0.2) is 109 Å². The second kappa shape index (κ2) is 58.9. The molecular weight excluding hydrogens is 1010 g/mol. The lowest BCUT2D eigenvalue weighted by Crippen LogP contribution is -2.47. The first-order chi connectivity index (χ1) is 38.9. The van der Waals surface area contributed by atoms with Crippen molar-refractivity contribution in [2.45, 2.75) is 283 Å². The summed E-state index contributed by atoms with van der Waals surface area (Å²) in [6, 6.07) is -0.902. The second-order valence-electron chi connectivity index (χ2n) is 22.9. The molecule has 1 amide bonds. The first kappa shape index (κ1) is 76.7. The summed E-state index contributed by atoms with van der Waals surface area (Å²) in [6.45, 7) is 6.59. The lowest BCUT2D eigenvalue weighted by molar-refractivity contribution is -0.870. The standard InChI is InChI=1S/C70H123N2O7P/c1-7-10-13-16-19-22-25-28-30-31-32-33-34-35-36-37-38-39-40-41-43-45-48-51-54-57-60-63-70(74)79-68(61-58-55-52-49-46-27-24-21-18-15-12-9-3)67(66-78-80(75,76)77-65-64-72(4,5)6)71-69(73)62-59-56-53-50-47-44-42-29-26-23-20-17-14-11-8-2/h10-11,13-14,17,19-20,22-23,26,28,30,32-33,35-36,58,61,67-68H,7-9,12,15-16,18,21,24-25,27,29,31,34,37-57,59-60,62-66H2,1-6H3,(H-,71,73,75,76)/b13-10-,14-11+,20-17+,22-19-,26-23+,30-28-,33-32-,36-35-,61-58-. The van der Waals surface area contributed by atoms with Gasteiger partial charge in [-0.2, -0.15) is 0 Å². The number of rotatable bonds is 58. The van der Waals surface area contributed by atoms with E-state index >= 15 is 0 Å². The highest BCUT2D eigenvalue weighted by molar-refractivity contribution is 7.45. The summed E-state index contributed by atoms with van der Waals surface area (Å²) in [4.78, 5) is 40.0. The number of unbranched alkanes of at least 4 members (excludes halogenated alkanes) is 28. The monoisotopic (exact) mass is 1130 g/mol. The van der Waals surface area contributed by atoms with Gasteiger partial charge in [-0.05, 0) is 96.0 Å². The average Bonchev–Trinajstić information content (AvgIpc) is 3.43. The fourth-order valence-corrected chi connectivity index (χ4v) is 9.74. The van der Waals surface area contributed by atoms with Crippen LogP contribution in [0.5, 0.6) is 0 Å².